The normalized spacial score (nSPS) is 11.2. The molecule has 0 radical (unpaired) electrons. The zero-order valence-corrected chi connectivity index (χ0v) is 96.6. The number of nitrogens with two attached hydrogens (primary N) is 2. The SMILES string of the molecule is Nc1c(I)cc(I)cc1C(=O)OCCS(=O)(=O)[O-].Nc1ccc(I)cc1C(=O)OCCS(=O)(=O)[O-].O=C(OCCS(=O)(=O)[O-])c1c(F)cccc1I.O=C(OCCS(=O)(=O)[O-])c1cc(I)ccc1Br.O=C(OCCS(=O)(=O)[O-])c1cc(I)ccc1Cl.O=C(OCCS(=O)(=O)[O-])c1cc(I)ccc1F.O=C(OCCS(=O)(=O)[O-])c1ccc(I)c(O)c1.O=C(OCCS(=O)(=O)[O-])c1ccc(I)cc1Cl. The van der Waals surface area contributed by atoms with Gasteiger partial charge in [-0.2, -0.15) is 0 Å². The third-order valence-electron chi connectivity index (χ3n) is 14.0. The first-order valence-electron chi connectivity index (χ1n) is 35.2. The first-order valence-corrected chi connectivity index (χ1v) is 59.0. The maximum atomic E-state index is 13.3. The molecule has 8 aromatic carbocycles. The van der Waals surface area contributed by atoms with Crippen LogP contribution in [0, 0.1) is 43.8 Å². The lowest BCUT2D eigenvalue weighted by molar-refractivity contribution is 0.0511. The second kappa shape index (κ2) is 62.5. The molecule has 0 saturated carbocycles. The number of phenolic OH excluding ortho intramolecular Hbond substituents is 1. The standard InChI is InChI=1S/C9H8BrIO5S.2C9H8ClIO5S.2C9H8FIO5S.C9H9I2NO5S.C9H10INO5S.C9H9IO6S/c2*10-8-2-1-6(11)5-7(8)9(12)16-3-4-17(13,14)15;10-8-5-6(11)1-2-7(8)9(12)16-3-4-17(13,14)15;10-8-2-1-6(11)5-7(8)9(12)16-3-4-17(13,14)15;10-6-2-1-3-7(11)8(6)9(12)16-4-5-17(13,14)15;10-5-3-6(8(12)7(11)4-5)9(13)17-1-2-18(14,15)16;10-6-1-2-8(11)7(5-6)9(12)16-3-4-17(13,14)15;10-7-2-1-6(5-8(7)11)9(12)16-3-4-17(13,14)15/h4*1-2,5H,3-4H2,(H,13,14,15);1-3H,4-5H2,(H,13,14,15);3-4H,1-2,12H2,(H,14,15,16);1-2,5H,3-4,11H2,(H,13,14,15);1-2,5,11H,3-4H2,(H,13,14,15)/p-8. The first kappa shape index (κ1) is 131. The van der Waals surface area contributed by atoms with Gasteiger partial charge in [0.05, 0.1) is 185 Å². The van der Waals surface area contributed by atoms with Crippen molar-refractivity contribution >= 4 is 383 Å². The van der Waals surface area contributed by atoms with E-state index >= 15 is 0 Å². The number of anilines is 2. The van der Waals surface area contributed by atoms with Crippen molar-refractivity contribution in [3.63, 3.8) is 0 Å². The number of hydrogen-bond acceptors (Lipinski definition) is 43. The van der Waals surface area contributed by atoms with Crippen LogP contribution in [0.5, 0.6) is 5.75 Å². The van der Waals surface area contributed by atoms with Crippen molar-refractivity contribution in [3.8, 4) is 5.75 Å². The summed E-state index contributed by atoms with van der Waals surface area (Å²) in [5.41, 5.74) is 12.2. The third kappa shape index (κ3) is 60.3. The molecule has 43 nitrogen and oxygen atoms in total. The Morgan fingerprint density at radius 2 is 0.620 bits per heavy atom. The highest BCUT2D eigenvalue weighted by Gasteiger charge is 2.22. The van der Waals surface area contributed by atoms with Gasteiger partial charge >= 0.3 is 47.8 Å². The van der Waals surface area contributed by atoms with Crippen LogP contribution in [-0.4, -0.2) is 256 Å². The maximum absolute atomic E-state index is 13.3. The van der Waals surface area contributed by atoms with Gasteiger partial charge < -0.3 is 90.9 Å². The monoisotopic (exact) mass is 3190 g/mol. The molecule has 65 heteroatoms. The van der Waals surface area contributed by atoms with E-state index in [0.29, 0.717) is 24.3 Å². The van der Waals surface area contributed by atoms with Crippen molar-refractivity contribution < 1.29 is 194 Å². The molecular formula is C72H60BrCl2F2I9N2O41S8-8. The molecule has 0 atom stereocenters. The van der Waals surface area contributed by atoms with Gasteiger partial charge in [-0.25, -0.2) is 114 Å². The molecule has 137 heavy (non-hydrogen) atoms. The summed E-state index contributed by atoms with van der Waals surface area (Å²) in [6.45, 7) is -4.04. The molecule has 758 valence electrons. The van der Waals surface area contributed by atoms with Crippen LogP contribution in [0.15, 0.2) is 144 Å². The van der Waals surface area contributed by atoms with E-state index in [4.69, 9.17) is 39.4 Å². The van der Waals surface area contributed by atoms with Crippen molar-refractivity contribution in [3.05, 3.63) is 242 Å². The van der Waals surface area contributed by atoms with Crippen LogP contribution < -0.4 is 11.5 Å². The van der Waals surface area contributed by atoms with Crippen LogP contribution in [0.1, 0.15) is 82.9 Å². The number of aromatic hydroxyl groups is 1. The van der Waals surface area contributed by atoms with Gasteiger partial charge in [-0.15, -0.1) is 0 Å². The van der Waals surface area contributed by atoms with Gasteiger partial charge in [0.1, 0.15) is 75.8 Å². The summed E-state index contributed by atoms with van der Waals surface area (Å²) in [6, 6.07) is 34.6. The minimum atomic E-state index is -4.45. The van der Waals surface area contributed by atoms with Crippen molar-refractivity contribution in [2.24, 2.45) is 0 Å². The predicted octanol–water partition coefficient (Wildman–Crippen LogP) is 9.77. The molecular weight excluding hydrogens is 3140 g/mol. The second-order valence-electron chi connectivity index (χ2n) is 24.5. The fraction of sp³-hybridized carbons (Fsp3) is 0.222. The summed E-state index contributed by atoms with van der Waals surface area (Å²) in [7, 11) is -35.2. The van der Waals surface area contributed by atoms with Crippen LogP contribution in [-0.2, 0) is 119 Å². The van der Waals surface area contributed by atoms with Gasteiger partial charge in [0, 0.05) is 38.7 Å². The highest BCUT2D eigenvalue weighted by Crippen LogP contribution is 2.28. The number of hydrogen-bond donors (Lipinski definition) is 3. The molecule has 0 amide bonds. The highest BCUT2D eigenvalue weighted by atomic mass is 127. The van der Waals surface area contributed by atoms with Gasteiger partial charge in [0.2, 0.25) is 0 Å². The number of nitrogen functional groups attached to an aromatic ring is 2. The van der Waals surface area contributed by atoms with E-state index in [1.165, 1.54) is 72.8 Å². The van der Waals surface area contributed by atoms with Crippen molar-refractivity contribution in [1.29, 1.82) is 0 Å². The summed E-state index contributed by atoms with van der Waals surface area (Å²) < 4.78 is 317. The molecule has 8 aromatic rings. The lowest BCUT2D eigenvalue weighted by Gasteiger charge is -2.10. The van der Waals surface area contributed by atoms with Crippen LogP contribution in [0.4, 0.5) is 20.2 Å². The number of esters is 8. The zero-order chi connectivity index (χ0) is 105. The fourth-order valence-corrected chi connectivity index (χ4v) is 16.6. The molecule has 0 fully saturated rings. The third-order valence-corrected chi connectivity index (χ3v) is 27.4. The lowest BCUT2D eigenvalue weighted by atomic mass is 10.2. The molecule has 0 saturated heterocycles. The van der Waals surface area contributed by atoms with Crippen molar-refractivity contribution in [1.82, 2.24) is 0 Å². The molecule has 0 aliphatic heterocycles. The van der Waals surface area contributed by atoms with E-state index in [0.717, 1.165) is 30.0 Å². The molecule has 0 spiro atoms. The number of phenols is 1. The molecule has 0 heterocycles. The molecule has 5 N–H and O–H groups in total. The van der Waals surface area contributed by atoms with Gasteiger partial charge in [0.15, 0.2) is 0 Å². The molecule has 0 bridgehead atoms. The maximum Gasteiger partial charge on any atom is 0.342 e. The zero-order valence-electron chi connectivity index (χ0n) is 67.6. The smallest absolute Gasteiger partial charge is 0.342 e. The quantitative estimate of drug-likeness (QED) is 0.0116. The minimum absolute atomic E-state index is 0.0727. The summed E-state index contributed by atoms with van der Waals surface area (Å²) in [6.07, 6.45) is 0. The summed E-state index contributed by atoms with van der Waals surface area (Å²) in [5.74, 6) is -14.2. The van der Waals surface area contributed by atoms with E-state index in [-0.39, 0.29) is 66.1 Å². The van der Waals surface area contributed by atoms with Gasteiger partial charge in [-0.3, -0.25) is 0 Å². The van der Waals surface area contributed by atoms with E-state index in [2.05, 4.69) is 49.1 Å². The van der Waals surface area contributed by atoms with Crippen molar-refractivity contribution in [2.45, 2.75) is 0 Å². The average molecular weight is 3200 g/mol. The molecule has 0 aliphatic carbocycles. The van der Waals surface area contributed by atoms with Gasteiger partial charge in [-0.05, 0) is 353 Å². The van der Waals surface area contributed by atoms with E-state index < -0.39 is 239 Å². The molecule has 8 rings (SSSR count). The number of rotatable bonds is 32. The minimum Gasteiger partial charge on any atom is -0.748 e. The Balaban J connectivity index is 0.000000783. The number of benzene rings is 8. The largest absolute Gasteiger partial charge is 0.748 e. The van der Waals surface area contributed by atoms with E-state index in [9.17, 15) is 156 Å². The van der Waals surface area contributed by atoms with Gasteiger partial charge in [0.25, 0.3) is 0 Å². The molecule has 0 aliphatic rings. The highest BCUT2D eigenvalue weighted by molar-refractivity contribution is 14.1. The Bertz CT molecular complexity index is 6230. The predicted molar refractivity (Wildman–Crippen MR) is 553 cm³/mol. The van der Waals surface area contributed by atoms with E-state index in [1.54, 1.807) is 77.2 Å². The van der Waals surface area contributed by atoms with Crippen LogP contribution >= 0.6 is 242 Å². The number of carbonyl (C=O) groups excluding carboxylic acids is 8. The topological polar surface area (TPSA) is 740 Å². The summed E-state index contributed by atoms with van der Waals surface area (Å²) in [5, 5.41) is 9.77. The number of ether oxygens (including phenoxy) is 8. The molecule has 0 aromatic heterocycles. The Hall–Kier alpha value is -4.31. The van der Waals surface area contributed by atoms with Gasteiger partial charge in [-0.1, -0.05) is 29.3 Å². The first-order chi connectivity index (χ1) is 62.8. The van der Waals surface area contributed by atoms with Crippen LogP contribution in [0.2, 0.25) is 10.0 Å². The molecule has 0 unspecified atom stereocenters. The average Bonchev–Trinajstić information content (AvgIpc) is 0.828. The number of carbonyl (C=O) groups is 8. The summed E-state index contributed by atoms with van der Waals surface area (Å²) in [4.78, 5) is 91.8. The Morgan fingerprint density at radius 3 is 1.02 bits per heavy atom. The van der Waals surface area contributed by atoms with Crippen molar-refractivity contribution in [2.75, 3.05) is 110 Å². The van der Waals surface area contributed by atoms with Crippen LogP contribution in [0.3, 0.4) is 0 Å². The Morgan fingerprint density at radius 1 is 0.307 bits per heavy atom. The van der Waals surface area contributed by atoms with E-state index in [1.807, 2.05) is 181 Å². The van der Waals surface area contributed by atoms with Crippen LogP contribution in [0.25, 0.3) is 0 Å². The Kier molecular flexibility index (Phi) is 59.6. The Labute approximate surface area is 921 Å². The summed E-state index contributed by atoms with van der Waals surface area (Å²) >= 11 is 32.3. The second-order valence-corrected chi connectivity index (χ2v) is 49.3. The lowest BCUT2D eigenvalue weighted by Crippen LogP contribution is -2.16. The fourth-order valence-electron chi connectivity index (χ4n) is 7.92. The number of halogens is 14.